The molecule has 1 aromatic rings. The molecule has 0 radical (unpaired) electrons. The molecule has 1 amide bonds. The Balaban J connectivity index is 0.000000845. The Bertz CT molecular complexity index is 310. The van der Waals surface area contributed by atoms with Gasteiger partial charge in [0, 0.05) is 18.0 Å². The van der Waals surface area contributed by atoms with E-state index >= 15 is 0 Å². The summed E-state index contributed by atoms with van der Waals surface area (Å²) < 4.78 is 0. The van der Waals surface area contributed by atoms with E-state index in [0.717, 1.165) is 30.7 Å². The van der Waals surface area contributed by atoms with Crippen LogP contribution in [0.25, 0.3) is 0 Å². The van der Waals surface area contributed by atoms with Gasteiger partial charge in [0.1, 0.15) is 0 Å². The highest BCUT2D eigenvalue weighted by molar-refractivity contribution is 5.85. The van der Waals surface area contributed by atoms with Crippen LogP contribution in [0.1, 0.15) is 17.8 Å². The molecule has 5 heteroatoms. The molecule has 0 saturated carbocycles. The van der Waals surface area contributed by atoms with Crippen molar-refractivity contribution in [1.29, 1.82) is 0 Å². The number of nitrogens with zero attached hydrogens (tertiary/aromatic N) is 1. The molecule has 3 N–H and O–H groups in total. The fourth-order valence-electron chi connectivity index (χ4n) is 1.64. The van der Waals surface area contributed by atoms with Gasteiger partial charge in [0.25, 0.3) is 0 Å². The average molecular weight is 202 g/mol. The van der Waals surface area contributed by atoms with Gasteiger partial charge >= 0.3 is 0 Å². The van der Waals surface area contributed by atoms with E-state index in [1.807, 2.05) is 0 Å². The van der Waals surface area contributed by atoms with E-state index in [-0.39, 0.29) is 24.2 Å². The predicted octanol–water partition coefficient (Wildman–Crippen LogP) is 0.422. The molecule has 1 unspecified atom stereocenters. The summed E-state index contributed by atoms with van der Waals surface area (Å²) >= 11 is 0. The molecule has 0 aliphatic heterocycles. The Morgan fingerprint density at radius 3 is 3.15 bits per heavy atom. The Labute approximate surface area is 82.3 Å². The number of amides is 1. The fraction of sp³-hybridized carbons (Fsp3) is 0.500. The zero-order valence-electron chi connectivity index (χ0n) is 7.12. The third-order valence-corrected chi connectivity index (χ3v) is 2.39. The minimum Gasteiger partial charge on any atom is -0.369 e. The van der Waals surface area contributed by atoms with E-state index in [1.165, 1.54) is 0 Å². The number of nitrogens with one attached hydrogen (secondary N) is 1. The molecule has 1 atom stereocenters. The van der Waals surface area contributed by atoms with Crippen molar-refractivity contribution in [2.24, 2.45) is 11.7 Å². The van der Waals surface area contributed by atoms with Gasteiger partial charge in [0.05, 0.1) is 12.0 Å². The number of imidazole rings is 1. The van der Waals surface area contributed by atoms with Crippen LogP contribution in [0, 0.1) is 5.92 Å². The number of aromatic amines is 1. The second-order valence-corrected chi connectivity index (χ2v) is 3.17. The molecule has 0 saturated heterocycles. The minimum absolute atomic E-state index is 0. The van der Waals surface area contributed by atoms with Crippen molar-refractivity contribution in [2.75, 3.05) is 0 Å². The summed E-state index contributed by atoms with van der Waals surface area (Å²) in [5.41, 5.74) is 7.38. The van der Waals surface area contributed by atoms with Gasteiger partial charge < -0.3 is 10.7 Å². The second-order valence-electron chi connectivity index (χ2n) is 3.17. The molecule has 4 nitrogen and oxygen atoms in total. The molecule has 13 heavy (non-hydrogen) atoms. The van der Waals surface area contributed by atoms with Crippen molar-refractivity contribution in [3.8, 4) is 0 Å². The summed E-state index contributed by atoms with van der Waals surface area (Å²) in [4.78, 5) is 18.0. The van der Waals surface area contributed by atoms with Gasteiger partial charge in [0.15, 0.2) is 0 Å². The smallest absolute Gasteiger partial charge is 0.220 e. The zero-order chi connectivity index (χ0) is 8.55. The number of hydrogen-bond donors (Lipinski definition) is 2. The standard InChI is InChI=1S/C8H11N3O.ClH/c9-8(12)5-1-2-6-7(3-5)11-4-10-6;/h4-5H,1-3H2,(H2,9,12)(H,10,11);1H. The molecule has 0 bridgehead atoms. The summed E-state index contributed by atoms with van der Waals surface area (Å²) in [6.07, 6.45) is 4.11. The minimum atomic E-state index is -0.199. The molecule has 72 valence electrons. The van der Waals surface area contributed by atoms with Crippen molar-refractivity contribution >= 4 is 18.3 Å². The summed E-state index contributed by atoms with van der Waals surface area (Å²) in [7, 11) is 0. The van der Waals surface area contributed by atoms with Gasteiger partial charge in [-0.25, -0.2) is 4.98 Å². The fourth-order valence-corrected chi connectivity index (χ4v) is 1.64. The van der Waals surface area contributed by atoms with Crippen LogP contribution in [-0.2, 0) is 17.6 Å². The first-order valence-electron chi connectivity index (χ1n) is 4.08. The Morgan fingerprint density at radius 2 is 2.46 bits per heavy atom. The lowest BCUT2D eigenvalue weighted by atomic mass is 9.89. The zero-order valence-corrected chi connectivity index (χ0v) is 7.93. The van der Waals surface area contributed by atoms with Crippen LogP contribution in [-0.4, -0.2) is 15.9 Å². The van der Waals surface area contributed by atoms with Gasteiger partial charge in [-0.2, -0.15) is 0 Å². The summed E-state index contributed by atoms with van der Waals surface area (Å²) in [6.45, 7) is 0. The number of nitrogens with two attached hydrogens (primary N) is 1. The lowest BCUT2D eigenvalue weighted by Crippen LogP contribution is -2.28. The summed E-state index contributed by atoms with van der Waals surface area (Å²) in [5.74, 6) is -0.201. The summed E-state index contributed by atoms with van der Waals surface area (Å²) in [5, 5.41) is 0. The van der Waals surface area contributed by atoms with Crippen molar-refractivity contribution in [2.45, 2.75) is 19.3 Å². The highest BCUT2D eigenvalue weighted by Gasteiger charge is 2.23. The van der Waals surface area contributed by atoms with Crippen LogP contribution in [0.15, 0.2) is 6.33 Å². The highest BCUT2D eigenvalue weighted by Crippen LogP contribution is 2.22. The van der Waals surface area contributed by atoms with Crippen LogP contribution in [0.3, 0.4) is 0 Å². The number of aromatic nitrogens is 2. The number of hydrogen-bond acceptors (Lipinski definition) is 2. The van der Waals surface area contributed by atoms with E-state index in [2.05, 4.69) is 9.97 Å². The SMILES string of the molecule is Cl.NC(=O)C1CCc2nc[nH]c2C1. The molecule has 1 aliphatic carbocycles. The lowest BCUT2D eigenvalue weighted by Gasteiger charge is -2.17. The van der Waals surface area contributed by atoms with Crippen molar-refractivity contribution < 1.29 is 4.79 Å². The van der Waals surface area contributed by atoms with Crippen LogP contribution in [0.4, 0.5) is 0 Å². The quantitative estimate of drug-likeness (QED) is 0.692. The van der Waals surface area contributed by atoms with Crippen molar-refractivity contribution in [3.63, 3.8) is 0 Å². The number of carbonyl (C=O) groups excluding carboxylic acids is 1. The largest absolute Gasteiger partial charge is 0.369 e. The summed E-state index contributed by atoms with van der Waals surface area (Å²) in [6, 6.07) is 0. The number of fused-ring (bicyclic) bond motifs is 1. The van der Waals surface area contributed by atoms with Gasteiger partial charge in [-0.3, -0.25) is 4.79 Å². The van der Waals surface area contributed by atoms with Crippen LogP contribution in [0.2, 0.25) is 0 Å². The molecule has 0 spiro atoms. The number of carbonyl (C=O) groups is 1. The Kier molecular flexibility index (Phi) is 2.93. The van der Waals surface area contributed by atoms with Gasteiger partial charge in [-0.15, -0.1) is 12.4 Å². The lowest BCUT2D eigenvalue weighted by molar-refractivity contribution is -0.122. The van der Waals surface area contributed by atoms with E-state index in [1.54, 1.807) is 6.33 Å². The van der Waals surface area contributed by atoms with Crippen molar-refractivity contribution in [3.05, 3.63) is 17.7 Å². The highest BCUT2D eigenvalue weighted by atomic mass is 35.5. The van der Waals surface area contributed by atoms with Crippen LogP contribution in [0.5, 0.6) is 0 Å². The molecule has 1 aliphatic rings. The second kappa shape index (κ2) is 3.79. The molecule has 0 aromatic carbocycles. The van der Waals surface area contributed by atoms with E-state index in [0.29, 0.717) is 0 Å². The van der Waals surface area contributed by atoms with E-state index in [9.17, 15) is 4.79 Å². The number of halogens is 1. The van der Waals surface area contributed by atoms with Gasteiger partial charge in [-0.05, 0) is 12.8 Å². The first kappa shape index (κ1) is 10.1. The molecular weight excluding hydrogens is 190 g/mol. The number of rotatable bonds is 1. The maximum absolute atomic E-state index is 10.9. The monoisotopic (exact) mass is 201 g/mol. The van der Waals surface area contributed by atoms with Crippen LogP contribution >= 0.6 is 12.4 Å². The normalized spacial score (nSPS) is 20.2. The molecule has 2 rings (SSSR count). The topological polar surface area (TPSA) is 71.8 Å². The maximum Gasteiger partial charge on any atom is 0.220 e. The first-order chi connectivity index (χ1) is 5.77. The van der Waals surface area contributed by atoms with E-state index < -0.39 is 0 Å². The predicted molar refractivity (Wildman–Crippen MR) is 50.5 cm³/mol. The van der Waals surface area contributed by atoms with Crippen LogP contribution < -0.4 is 5.73 Å². The van der Waals surface area contributed by atoms with Crippen molar-refractivity contribution in [1.82, 2.24) is 9.97 Å². The molecule has 0 fully saturated rings. The number of aryl methyl sites for hydroxylation is 1. The third kappa shape index (κ3) is 1.83. The first-order valence-corrected chi connectivity index (χ1v) is 4.08. The Morgan fingerprint density at radius 1 is 1.69 bits per heavy atom. The van der Waals surface area contributed by atoms with Gasteiger partial charge in [0.2, 0.25) is 5.91 Å². The number of primary amides is 1. The maximum atomic E-state index is 10.9. The van der Waals surface area contributed by atoms with E-state index in [4.69, 9.17) is 5.73 Å². The van der Waals surface area contributed by atoms with Gasteiger partial charge in [-0.1, -0.05) is 0 Å². The average Bonchev–Trinajstić information content (AvgIpc) is 2.49. The number of H-pyrrole nitrogens is 1. The molecule has 1 heterocycles. The third-order valence-electron chi connectivity index (χ3n) is 2.39. The Hall–Kier alpha value is -1.03. The molecular formula is C8H12ClN3O. The molecule has 1 aromatic heterocycles.